The monoisotopic (exact) mass is 236 g/mol. The average Bonchev–Trinajstić information content (AvgIpc) is 2.29. The number of nitrogens with two attached hydrogens (primary N) is 1. The van der Waals surface area contributed by atoms with Gasteiger partial charge in [-0.3, -0.25) is 0 Å². The molecule has 0 saturated heterocycles. The van der Waals surface area contributed by atoms with Gasteiger partial charge in [-0.25, -0.2) is 0 Å². The van der Waals surface area contributed by atoms with Crippen LogP contribution in [-0.4, -0.2) is 20.7 Å². The van der Waals surface area contributed by atoms with Crippen molar-refractivity contribution in [1.82, 2.24) is 5.32 Å². The summed E-state index contributed by atoms with van der Waals surface area (Å²) in [4.78, 5) is 0. The minimum absolute atomic E-state index is 0.312. The molecule has 0 aromatic heterocycles. The van der Waals surface area contributed by atoms with E-state index in [4.69, 9.17) is 10.5 Å². The van der Waals surface area contributed by atoms with Crippen molar-refractivity contribution in [2.45, 2.75) is 32.7 Å². The first-order chi connectivity index (χ1) is 8.13. The third-order valence-electron chi connectivity index (χ3n) is 3.07. The molecule has 1 aromatic rings. The molecule has 0 fully saturated rings. The molecule has 0 aliphatic carbocycles. The smallest absolute Gasteiger partial charge is 0.126 e. The average molecular weight is 236 g/mol. The van der Waals surface area contributed by atoms with Crippen LogP contribution >= 0.6 is 0 Å². The number of ether oxygens (including phenoxy) is 1. The Balaban J connectivity index is 3.07. The van der Waals surface area contributed by atoms with Crippen molar-refractivity contribution >= 4 is 0 Å². The van der Waals surface area contributed by atoms with Crippen molar-refractivity contribution in [2.75, 3.05) is 20.7 Å². The summed E-state index contributed by atoms with van der Waals surface area (Å²) in [6, 6.07) is 4.66. The summed E-state index contributed by atoms with van der Waals surface area (Å²) in [5.41, 5.74) is 9.28. The molecule has 1 atom stereocenters. The van der Waals surface area contributed by atoms with E-state index in [1.807, 2.05) is 7.05 Å². The zero-order chi connectivity index (χ0) is 12.8. The zero-order valence-electron chi connectivity index (χ0n) is 11.3. The molecule has 1 unspecified atom stereocenters. The first kappa shape index (κ1) is 14.0. The zero-order valence-corrected chi connectivity index (χ0v) is 11.3. The molecule has 0 amide bonds. The Labute approximate surface area is 104 Å². The number of benzene rings is 1. The van der Waals surface area contributed by atoms with Gasteiger partial charge in [0.1, 0.15) is 5.75 Å². The number of rotatable bonds is 6. The van der Waals surface area contributed by atoms with E-state index in [0.29, 0.717) is 6.04 Å². The van der Waals surface area contributed by atoms with Crippen molar-refractivity contribution in [1.29, 1.82) is 0 Å². The van der Waals surface area contributed by atoms with E-state index >= 15 is 0 Å². The van der Waals surface area contributed by atoms with Gasteiger partial charge in [-0.15, -0.1) is 0 Å². The van der Waals surface area contributed by atoms with E-state index in [9.17, 15) is 0 Å². The molecule has 0 spiro atoms. The largest absolute Gasteiger partial charge is 0.496 e. The molecule has 0 saturated carbocycles. The van der Waals surface area contributed by atoms with E-state index in [0.717, 1.165) is 25.1 Å². The molecule has 3 nitrogen and oxygen atoms in total. The summed E-state index contributed by atoms with van der Waals surface area (Å²) < 4.78 is 5.52. The van der Waals surface area contributed by atoms with Crippen LogP contribution < -0.4 is 15.8 Å². The summed E-state index contributed by atoms with van der Waals surface area (Å²) in [5.74, 6) is 0.993. The third kappa shape index (κ3) is 3.45. The summed E-state index contributed by atoms with van der Waals surface area (Å²) in [6.07, 6.45) is 2.05. The summed E-state index contributed by atoms with van der Waals surface area (Å²) in [5, 5.41) is 3.35. The summed E-state index contributed by atoms with van der Waals surface area (Å²) in [6.45, 7) is 4.93. The Kier molecular flexibility index (Phi) is 5.45. The second-order valence-corrected chi connectivity index (χ2v) is 4.48. The Hall–Kier alpha value is -1.06. The Morgan fingerprint density at radius 3 is 2.59 bits per heavy atom. The van der Waals surface area contributed by atoms with Gasteiger partial charge in [-0.05, 0) is 45.8 Å². The van der Waals surface area contributed by atoms with Gasteiger partial charge in [0.15, 0.2) is 0 Å². The van der Waals surface area contributed by atoms with E-state index in [-0.39, 0.29) is 0 Å². The molecule has 1 rings (SSSR count). The summed E-state index contributed by atoms with van der Waals surface area (Å²) in [7, 11) is 3.72. The predicted octanol–water partition coefficient (Wildman–Crippen LogP) is 2.31. The Bertz CT molecular complexity index is 363. The third-order valence-corrected chi connectivity index (χ3v) is 3.07. The fourth-order valence-corrected chi connectivity index (χ4v) is 2.30. The Morgan fingerprint density at radius 1 is 1.35 bits per heavy atom. The van der Waals surface area contributed by atoms with E-state index in [1.54, 1.807) is 7.11 Å². The topological polar surface area (TPSA) is 47.3 Å². The highest BCUT2D eigenvalue weighted by molar-refractivity contribution is 5.45. The van der Waals surface area contributed by atoms with Gasteiger partial charge in [-0.2, -0.15) is 0 Å². The SMILES string of the molecule is CNC(CCCN)c1cc(C)cc(C)c1OC. The molecule has 17 heavy (non-hydrogen) atoms. The lowest BCUT2D eigenvalue weighted by Gasteiger charge is -2.21. The van der Waals surface area contributed by atoms with E-state index in [1.165, 1.54) is 16.7 Å². The fraction of sp³-hybridized carbons (Fsp3) is 0.571. The van der Waals surface area contributed by atoms with E-state index in [2.05, 4.69) is 31.3 Å². The normalized spacial score (nSPS) is 12.5. The molecule has 0 bridgehead atoms. The van der Waals surface area contributed by atoms with Crippen LogP contribution in [0.3, 0.4) is 0 Å². The highest BCUT2D eigenvalue weighted by Crippen LogP contribution is 2.32. The van der Waals surface area contributed by atoms with Crippen molar-refractivity contribution in [3.8, 4) is 5.75 Å². The molecule has 0 radical (unpaired) electrons. The minimum atomic E-state index is 0.312. The van der Waals surface area contributed by atoms with Gasteiger partial charge in [0.2, 0.25) is 0 Å². The molecule has 0 heterocycles. The van der Waals surface area contributed by atoms with Crippen LogP contribution in [0.5, 0.6) is 5.75 Å². The number of methoxy groups -OCH3 is 1. The maximum atomic E-state index is 5.58. The highest BCUT2D eigenvalue weighted by atomic mass is 16.5. The lowest BCUT2D eigenvalue weighted by molar-refractivity contribution is 0.394. The van der Waals surface area contributed by atoms with Gasteiger partial charge >= 0.3 is 0 Å². The standard InChI is InChI=1S/C14H24N2O/c1-10-8-11(2)14(17-4)12(9-10)13(16-3)6-5-7-15/h8-9,13,16H,5-7,15H2,1-4H3. The van der Waals surface area contributed by atoms with Crippen LogP contribution in [0.2, 0.25) is 0 Å². The molecule has 0 aliphatic rings. The van der Waals surface area contributed by atoms with Gasteiger partial charge < -0.3 is 15.8 Å². The number of hydrogen-bond acceptors (Lipinski definition) is 3. The van der Waals surface area contributed by atoms with Crippen molar-refractivity contribution in [3.05, 3.63) is 28.8 Å². The lowest BCUT2D eigenvalue weighted by Crippen LogP contribution is -2.19. The quantitative estimate of drug-likeness (QED) is 0.797. The summed E-state index contributed by atoms with van der Waals surface area (Å²) >= 11 is 0. The van der Waals surface area contributed by atoms with Crippen LogP contribution in [0.1, 0.15) is 35.6 Å². The second kappa shape index (κ2) is 6.62. The van der Waals surface area contributed by atoms with Crippen LogP contribution in [0.25, 0.3) is 0 Å². The van der Waals surface area contributed by atoms with Crippen LogP contribution in [0, 0.1) is 13.8 Å². The molecule has 1 aromatic carbocycles. The van der Waals surface area contributed by atoms with Crippen LogP contribution in [0.4, 0.5) is 0 Å². The molecule has 0 aliphatic heterocycles. The molecular formula is C14H24N2O. The predicted molar refractivity (Wildman–Crippen MR) is 72.6 cm³/mol. The molecular weight excluding hydrogens is 212 g/mol. The number of nitrogens with one attached hydrogen (secondary N) is 1. The van der Waals surface area contributed by atoms with Gasteiger partial charge in [-0.1, -0.05) is 17.7 Å². The molecule has 3 N–H and O–H groups in total. The molecule has 3 heteroatoms. The number of aryl methyl sites for hydroxylation is 2. The van der Waals surface area contributed by atoms with Gasteiger partial charge in [0.25, 0.3) is 0 Å². The lowest BCUT2D eigenvalue weighted by atomic mass is 9.96. The molecule has 96 valence electrons. The van der Waals surface area contributed by atoms with Crippen LogP contribution in [-0.2, 0) is 0 Å². The van der Waals surface area contributed by atoms with Crippen molar-refractivity contribution < 1.29 is 4.74 Å². The maximum Gasteiger partial charge on any atom is 0.126 e. The van der Waals surface area contributed by atoms with Gasteiger partial charge in [0.05, 0.1) is 7.11 Å². The highest BCUT2D eigenvalue weighted by Gasteiger charge is 2.16. The van der Waals surface area contributed by atoms with E-state index < -0.39 is 0 Å². The fourth-order valence-electron chi connectivity index (χ4n) is 2.30. The van der Waals surface area contributed by atoms with Crippen molar-refractivity contribution in [3.63, 3.8) is 0 Å². The first-order valence-electron chi connectivity index (χ1n) is 6.16. The van der Waals surface area contributed by atoms with Crippen LogP contribution in [0.15, 0.2) is 12.1 Å². The van der Waals surface area contributed by atoms with Crippen molar-refractivity contribution in [2.24, 2.45) is 5.73 Å². The maximum absolute atomic E-state index is 5.58. The first-order valence-corrected chi connectivity index (χ1v) is 6.16. The van der Waals surface area contributed by atoms with Gasteiger partial charge in [0, 0.05) is 11.6 Å². The number of hydrogen-bond donors (Lipinski definition) is 2. The second-order valence-electron chi connectivity index (χ2n) is 4.48. The minimum Gasteiger partial charge on any atom is -0.496 e. The Morgan fingerprint density at radius 2 is 2.06 bits per heavy atom.